The Morgan fingerprint density at radius 3 is 3.00 bits per heavy atom. The number of thiazole rings is 1. The lowest BCUT2D eigenvalue weighted by atomic mass is 10.1. The highest BCUT2D eigenvalue weighted by atomic mass is 32.1. The van der Waals surface area contributed by atoms with Crippen molar-refractivity contribution in [2.75, 3.05) is 26.3 Å². The summed E-state index contributed by atoms with van der Waals surface area (Å²) in [6.45, 7) is 6.66. The summed E-state index contributed by atoms with van der Waals surface area (Å²) in [5.41, 5.74) is 2.07. The van der Waals surface area contributed by atoms with E-state index in [-0.39, 0.29) is 0 Å². The van der Waals surface area contributed by atoms with Crippen molar-refractivity contribution in [1.29, 1.82) is 0 Å². The van der Waals surface area contributed by atoms with Gasteiger partial charge in [-0.25, -0.2) is 4.98 Å². The average Bonchev–Trinajstić information content (AvgIpc) is 3.00. The van der Waals surface area contributed by atoms with E-state index < -0.39 is 0 Å². The topological polar surface area (TPSA) is 43.4 Å². The highest BCUT2D eigenvalue weighted by Gasteiger charge is 2.13. The molecule has 3 rings (SSSR count). The van der Waals surface area contributed by atoms with Crippen LogP contribution in [0.2, 0.25) is 0 Å². The molecule has 110 valence electrons. The van der Waals surface area contributed by atoms with Gasteiger partial charge in [-0.1, -0.05) is 6.08 Å². The van der Waals surface area contributed by atoms with Crippen LogP contribution in [0.1, 0.15) is 5.01 Å². The van der Waals surface area contributed by atoms with Crippen molar-refractivity contribution in [2.45, 2.75) is 6.42 Å². The van der Waals surface area contributed by atoms with Crippen molar-refractivity contribution in [3.8, 4) is 22.8 Å². The SMILES string of the molecule is C=CCNCCc1nc(-c2ccc3c(c2)OCCO3)cs1. The molecule has 1 aliphatic rings. The summed E-state index contributed by atoms with van der Waals surface area (Å²) in [7, 11) is 0. The molecule has 21 heavy (non-hydrogen) atoms. The molecule has 0 saturated carbocycles. The molecule has 0 spiro atoms. The van der Waals surface area contributed by atoms with Crippen LogP contribution in [0.15, 0.2) is 36.2 Å². The van der Waals surface area contributed by atoms with E-state index in [9.17, 15) is 0 Å². The average molecular weight is 302 g/mol. The highest BCUT2D eigenvalue weighted by molar-refractivity contribution is 7.09. The third-order valence-corrected chi connectivity index (χ3v) is 4.10. The molecule has 0 fully saturated rings. The quantitative estimate of drug-likeness (QED) is 0.658. The number of nitrogens with one attached hydrogen (secondary N) is 1. The molecule has 0 radical (unpaired) electrons. The molecule has 1 N–H and O–H groups in total. The van der Waals surface area contributed by atoms with Gasteiger partial charge in [-0.2, -0.15) is 0 Å². The fraction of sp³-hybridized carbons (Fsp3) is 0.312. The Bertz CT molecular complexity index is 624. The van der Waals surface area contributed by atoms with Crippen molar-refractivity contribution >= 4 is 11.3 Å². The Hall–Kier alpha value is -1.85. The number of hydrogen-bond donors (Lipinski definition) is 1. The Morgan fingerprint density at radius 1 is 1.29 bits per heavy atom. The fourth-order valence-corrected chi connectivity index (χ4v) is 2.97. The van der Waals surface area contributed by atoms with E-state index in [0.29, 0.717) is 13.2 Å². The number of rotatable bonds is 6. The maximum Gasteiger partial charge on any atom is 0.162 e. The van der Waals surface area contributed by atoms with Crippen LogP contribution in [0, 0.1) is 0 Å². The van der Waals surface area contributed by atoms with Crippen LogP contribution in [0.4, 0.5) is 0 Å². The molecule has 2 heterocycles. The molecule has 0 atom stereocenters. The van der Waals surface area contributed by atoms with Gasteiger partial charge in [0.1, 0.15) is 13.2 Å². The molecule has 4 nitrogen and oxygen atoms in total. The molecule has 1 aromatic carbocycles. The molecule has 0 aliphatic carbocycles. The van der Waals surface area contributed by atoms with Crippen molar-refractivity contribution in [3.63, 3.8) is 0 Å². The van der Waals surface area contributed by atoms with Gasteiger partial charge >= 0.3 is 0 Å². The van der Waals surface area contributed by atoms with E-state index in [1.165, 1.54) is 0 Å². The highest BCUT2D eigenvalue weighted by Crippen LogP contribution is 2.34. The lowest BCUT2D eigenvalue weighted by Gasteiger charge is -2.18. The van der Waals surface area contributed by atoms with E-state index >= 15 is 0 Å². The lowest BCUT2D eigenvalue weighted by molar-refractivity contribution is 0.171. The molecule has 0 bridgehead atoms. The van der Waals surface area contributed by atoms with Gasteiger partial charge in [-0.05, 0) is 18.2 Å². The first-order chi connectivity index (χ1) is 10.4. The van der Waals surface area contributed by atoms with Crippen LogP contribution >= 0.6 is 11.3 Å². The van der Waals surface area contributed by atoms with Crippen LogP contribution in [0.3, 0.4) is 0 Å². The molecule has 1 aliphatic heterocycles. The zero-order valence-electron chi connectivity index (χ0n) is 11.8. The van der Waals surface area contributed by atoms with Gasteiger partial charge in [0.25, 0.3) is 0 Å². The van der Waals surface area contributed by atoms with Crippen molar-refractivity contribution in [1.82, 2.24) is 10.3 Å². The summed E-state index contributed by atoms with van der Waals surface area (Å²) >= 11 is 1.69. The zero-order chi connectivity index (χ0) is 14.5. The summed E-state index contributed by atoms with van der Waals surface area (Å²) in [4.78, 5) is 4.68. The third kappa shape index (κ3) is 3.43. The summed E-state index contributed by atoms with van der Waals surface area (Å²) in [5, 5.41) is 6.51. The maximum atomic E-state index is 5.62. The summed E-state index contributed by atoms with van der Waals surface area (Å²) < 4.78 is 11.2. The number of nitrogens with zero attached hydrogens (tertiary/aromatic N) is 1. The summed E-state index contributed by atoms with van der Waals surface area (Å²) in [6, 6.07) is 5.99. The maximum absolute atomic E-state index is 5.62. The van der Waals surface area contributed by atoms with Crippen molar-refractivity contribution in [2.24, 2.45) is 0 Å². The van der Waals surface area contributed by atoms with Gasteiger partial charge in [0.2, 0.25) is 0 Å². The van der Waals surface area contributed by atoms with E-state index in [4.69, 9.17) is 9.47 Å². The van der Waals surface area contributed by atoms with Crippen LogP contribution < -0.4 is 14.8 Å². The largest absolute Gasteiger partial charge is 0.486 e. The molecule has 0 unspecified atom stereocenters. The second-order valence-electron chi connectivity index (χ2n) is 4.73. The van der Waals surface area contributed by atoms with E-state index in [1.807, 2.05) is 24.3 Å². The van der Waals surface area contributed by atoms with E-state index in [1.54, 1.807) is 11.3 Å². The number of ether oxygens (including phenoxy) is 2. The fourth-order valence-electron chi connectivity index (χ4n) is 2.16. The smallest absolute Gasteiger partial charge is 0.162 e. The van der Waals surface area contributed by atoms with Crippen molar-refractivity contribution in [3.05, 3.63) is 41.2 Å². The van der Waals surface area contributed by atoms with Gasteiger partial charge < -0.3 is 14.8 Å². The van der Waals surface area contributed by atoms with Crippen LogP contribution in [-0.2, 0) is 6.42 Å². The van der Waals surface area contributed by atoms with Gasteiger partial charge in [0.05, 0.1) is 10.7 Å². The van der Waals surface area contributed by atoms with Crippen LogP contribution in [0.5, 0.6) is 11.5 Å². The number of aromatic nitrogens is 1. The van der Waals surface area contributed by atoms with Crippen molar-refractivity contribution < 1.29 is 9.47 Å². The zero-order valence-corrected chi connectivity index (χ0v) is 12.6. The molecule has 5 heteroatoms. The number of hydrogen-bond acceptors (Lipinski definition) is 5. The van der Waals surface area contributed by atoms with Gasteiger partial charge in [-0.3, -0.25) is 0 Å². The first kappa shape index (κ1) is 14.1. The molecule has 0 saturated heterocycles. The van der Waals surface area contributed by atoms with E-state index in [0.717, 1.165) is 47.3 Å². The molecule has 2 aromatic rings. The first-order valence-corrected chi connectivity index (χ1v) is 7.91. The van der Waals surface area contributed by atoms with Gasteiger partial charge in [0, 0.05) is 30.5 Å². The lowest BCUT2D eigenvalue weighted by Crippen LogP contribution is -2.16. The van der Waals surface area contributed by atoms with Crippen LogP contribution in [0.25, 0.3) is 11.3 Å². The van der Waals surface area contributed by atoms with E-state index in [2.05, 4.69) is 22.3 Å². The monoisotopic (exact) mass is 302 g/mol. The predicted molar refractivity (Wildman–Crippen MR) is 85.3 cm³/mol. The van der Waals surface area contributed by atoms with Gasteiger partial charge in [-0.15, -0.1) is 17.9 Å². The normalized spacial score (nSPS) is 13.1. The molecule has 0 amide bonds. The third-order valence-electron chi connectivity index (χ3n) is 3.19. The Labute approximate surface area is 128 Å². The first-order valence-electron chi connectivity index (χ1n) is 7.03. The minimum Gasteiger partial charge on any atom is -0.486 e. The van der Waals surface area contributed by atoms with Gasteiger partial charge in [0.15, 0.2) is 11.5 Å². The number of benzene rings is 1. The second kappa shape index (κ2) is 6.74. The Morgan fingerprint density at radius 2 is 2.14 bits per heavy atom. The Kier molecular flexibility index (Phi) is 4.52. The minimum atomic E-state index is 0.605. The second-order valence-corrected chi connectivity index (χ2v) is 5.67. The predicted octanol–water partition coefficient (Wildman–Crippen LogP) is 2.90. The molecular weight excluding hydrogens is 284 g/mol. The standard InChI is InChI=1S/C16H18N2O2S/c1-2-6-17-7-5-16-18-13(11-21-16)12-3-4-14-15(10-12)20-9-8-19-14/h2-4,10-11,17H,1,5-9H2. The minimum absolute atomic E-state index is 0.605. The molecule has 1 aromatic heterocycles. The molecular formula is C16H18N2O2S. The summed E-state index contributed by atoms with van der Waals surface area (Å²) in [5.74, 6) is 1.62. The summed E-state index contributed by atoms with van der Waals surface area (Å²) in [6.07, 6.45) is 2.80. The Balaban J connectivity index is 1.69. The van der Waals surface area contributed by atoms with Crippen LogP contribution in [-0.4, -0.2) is 31.3 Å². The number of fused-ring (bicyclic) bond motifs is 1.